The van der Waals surface area contributed by atoms with Crippen molar-refractivity contribution in [3.05, 3.63) is 29.8 Å². The molecule has 102 valence electrons. The third-order valence-electron chi connectivity index (χ3n) is 2.82. The van der Waals surface area contributed by atoms with Crippen LogP contribution in [0.3, 0.4) is 0 Å². The van der Waals surface area contributed by atoms with E-state index in [4.69, 9.17) is 10.6 Å². The van der Waals surface area contributed by atoms with E-state index in [2.05, 4.69) is 10.4 Å². The van der Waals surface area contributed by atoms with E-state index in [0.29, 0.717) is 12.2 Å². The van der Waals surface area contributed by atoms with Gasteiger partial charge >= 0.3 is 0 Å². The second-order valence-corrected chi connectivity index (χ2v) is 5.28. The van der Waals surface area contributed by atoms with Crippen molar-refractivity contribution in [3.8, 4) is 0 Å². The van der Waals surface area contributed by atoms with Gasteiger partial charge in [-0.25, -0.2) is 4.39 Å². The molecule has 1 aromatic heterocycles. The second-order valence-electron chi connectivity index (χ2n) is 5.28. The van der Waals surface area contributed by atoms with Gasteiger partial charge in [0.1, 0.15) is 5.82 Å². The Morgan fingerprint density at radius 3 is 2.61 bits per heavy atom. The first-order valence-electron chi connectivity index (χ1n) is 6.09. The first-order chi connectivity index (χ1) is 8.41. The van der Waals surface area contributed by atoms with E-state index in [1.165, 1.54) is 6.20 Å². The van der Waals surface area contributed by atoms with Crippen LogP contribution in [-0.2, 0) is 4.74 Å². The maximum atomic E-state index is 13.8. The van der Waals surface area contributed by atoms with Crippen LogP contribution < -0.4 is 11.3 Å². The van der Waals surface area contributed by atoms with Crippen molar-refractivity contribution in [2.45, 2.75) is 39.8 Å². The van der Waals surface area contributed by atoms with Gasteiger partial charge in [-0.1, -0.05) is 20.8 Å². The summed E-state index contributed by atoms with van der Waals surface area (Å²) in [6, 6.07) is 1.21. The van der Waals surface area contributed by atoms with Crippen molar-refractivity contribution in [3.63, 3.8) is 0 Å². The fourth-order valence-corrected chi connectivity index (χ4v) is 2.00. The van der Waals surface area contributed by atoms with Gasteiger partial charge in [0.25, 0.3) is 0 Å². The molecule has 18 heavy (non-hydrogen) atoms. The number of nitrogens with one attached hydrogen (secondary N) is 1. The lowest BCUT2D eigenvalue weighted by Crippen LogP contribution is -2.45. The first-order valence-corrected chi connectivity index (χ1v) is 6.09. The van der Waals surface area contributed by atoms with Gasteiger partial charge in [-0.05, 0) is 18.4 Å². The number of hydrogen-bond donors (Lipinski definition) is 2. The molecule has 2 atom stereocenters. The number of nitrogens with two attached hydrogens (primary N) is 1. The number of hydrazine groups is 1. The Hall–Kier alpha value is -1.04. The van der Waals surface area contributed by atoms with Gasteiger partial charge in [-0.15, -0.1) is 0 Å². The summed E-state index contributed by atoms with van der Waals surface area (Å²) >= 11 is 0. The molecular weight excluding hydrogens is 233 g/mol. The molecule has 1 heterocycles. The lowest BCUT2D eigenvalue weighted by molar-refractivity contribution is -0.0373. The summed E-state index contributed by atoms with van der Waals surface area (Å²) < 4.78 is 19.5. The van der Waals surface area contributed by atoms with Crippen LogP contribution in [0.5, 0.6) is 0 Å². The van der Waals surface area contributed by atoms with Crippen LogP contribution in [-0.4, -0.2) is 17.7 Å². The fourth-order valence-electron chi connectivity index (χ4n) is 2.00. The third kappa shape index (κ3) is 3.48. The predicted molar refractivity (Wildman–Crippen MR) is 69.1 cm³/mol. The molecule has 0 radical (unpaired) electrons. The Morgan fingerprint density at radius 2 is 2.17 bits per heavy atom. The average Bonchev–Trinajstić information content (AvgIpc) is 2.30. The Bertz CT molecular complexity index is 379. The van der Waals surface area contributed by atoms with E-state index in [1.54, 1.807) is 12.3 Å². The zero-order chi connectivity index (χ0) is 13.8. The lowest BCUT2D eigenvalue weighted by atomic mass is 9.82. The zero-order valence-electron chi connectivity index (χ0n) is 11.4. The number of ether oxygens (including phenoxy) is 1. The normalized spacial score (nSPS) is 15.4. The summed E-state index contributed by atoms with van der Waals surface area (Å²) in [5.74, 6) is 5.20. The maximum absolute atomic E-state index is 13.8. The Kier molecular flexibility index (Phi) is 5.19. The fraction of sp³-hybridized carbons (Fsp3) is 0.615. The van der Waals surface area contributed by atoms with Gasteiger partial charge < -0.3 is 4.74 Å². The van der Waals surface area contributed by atoms with Gasteiger partial charge in [-0.3, -0.25) is 16.3 Å². The number of hydrogen-bond acceptors (Lipinski definition) is 4. The highest BCUT2D eigenvalue weighted by molar-refractivity contribution is 5.19. The van der Waals surface area contributed by atoms with E-state index in [0.717, 1.165) is 0 Å². The minimum absolute atomic E-state index is 0.164. The first kappa shape index (κ1) is 15.0. The summed E-state index contributed by atoms with van der Waals surface area (Å²) in [6.45, 7) is 8.58. The number of nitrogens with zero attached hydrogens (tertiary/aromatic N) is 1. The quantitative estimate of drug-likeness (QED) is 0.625. The van der Waals surface area contributed by atoms with Crippen LogP contribution in [0.2, 0.25) is 0 Å². The second kappa shape index (κ2) is 6.22. The highest BCUT2D eigenvalue weighted by Gasteiger charge is 2.34. The van der Waals surface area contributed by atoms with Crippen molar-refractivity contribution in [1.29, 1.82) is 0 Å². The summed E-state index contributed by atoms with van der Waals surface area (Å²) in [5.41, 5.74) is 2.97. The SMILES string of the molecule is CCOC(C(NN)c1ccncc1F)C(C)(C)C. The number of pyridine rings is 1. The zero-order valence-corrected chi connectivity index (χ0v) is 11.4. The van der Waals surface area contributed by atoms with Crippen LogP contribution in [0.25, 0.3) is 0 Å². The minimum Gasteiger partial charge on any atom is -0.376 e. The molecule has 0 aliphatic heterocycles. The molecule has 1 rings (SSSR count). The van der Waals surface area contributed by atoms with Crippen molar-refractivity contribution < 1.29 is 9.13 Å². The monoisotopic (exact) mass is 255 g/mol. The van der Waals surface area contributed by atoms with E-state index in [9.17, 15) is 4.39 Å². The topological polar surface area (TPSA) is 60.2 Å². The number of halogens is 1. The molecule has 0 fully saturated rings. The van der Waals surface area contributed by atoms with Crippen molar-refractivity contribution in [1.82, 2.24) is 10.4 Å². The lowest BCUT2D eigenvalue weighted by Gasteiger charge is -2.36. The van der Waals surface area contributed by atoms with Gasteiger partial charge in [0.2, 0.25) is 0 Å². The largest absolute Gasteiger partial charge is 0.376 e. The summed E-state index contributed by atoms with van der Waals surface area (Å²) in [7, 11) is 0. The smallest absolute Gasteiger partial charge is 0.146 e. The van der Waals surface area contributed by atoms with E-state index < -0.39 is 6.04 Å². The van der Waals surface area contributed by atoms with Crippen LogP contribution in [0, 0.1) is 11.2 Å². The van der Waals surface area contributed by atoms with Gasteiger partial charge in [0.05, 0.1) is 18.3 Å². The Morgan fingerprint density at radius 1 is 1.50 bits per heavy atom. The van der Waals surface area contributed by atoms with Gasteiger partial charge in [-0.2, -0.15) is 0 Å². The number of rotatable bonds is 5. The molecule has 5 heteroatoms. The molecule has 0 saturated heterocycles. The molecule has 2 unspecified atom stereocenters. The molecule has 1 aromatic rings. The molecule has 0 aliphatic carbocycles. The third-order valence-corrected chi connectivity index (χ3v) is 2.82. The van der Waals surface area contributed by atoms with Crippen LogP contribution in [0.4, 0.5) is 4.39 Å². The van der Waals surface area contributed by atoms with Crippen molar-refractivity contribution in [2.75, 3.05) is 6.61 Å². The Labute approximate surface area is 108 Å². The minimum atomic E-state index is -0.409. The molecule has 0 amide bonds. The van der Waals surface area contributed by atoms with Crippen molar-refractivity contribution in [2.24, 2.45) is 11.3 Å². The highest BCUT2D eigenvalue weighted by atomic mass is 19.1. The summed E-state index contributed by atoms with van der Waals surface area (Å²) in [5, 5.41) is 0. The van der Waals surface area contributed by atoms with Crippen LogP contribution in [0.1, 0.15) is 39.3 Å². The molecule has 0 saturated carbocycles. The van der Waals surface area contributed by atoms with Crippen LogP contribution >= 0.6 is 0 Å². The molecule has 4 nitrogen and oxygen atoms in total. The molecule has 0 spiro atoms. The molecular formula is C13H22FN3O. The van der Waals surface area contributed by atoms with Crippen molar-refractivity contribution >= 4 is 0 Å². The average molecular weight is 255 g/mol. The molecule has 3 N–H and O–H groups in total. The molecule has 0 aromatic carbocycles. The highest BCUT2D eigenvalue weighted by Crippen LogP contribution is 2.33. The Balaban J connectivity index is 3.10. The summed E-state index contributed by atoms with van der Waals surface area (Å²) in [6.07, 6.45) is 2.50. The van der Waals surface area contributed by atoms with Crippen LogP contribution in [0.15, 0.2) is 18.5 Å². The maximum Gasteiger partial charge on any atom is 0.146 e. The molecule has 0 bridgehead atoms. The number of aromatic nitrogens is 1. The van der Waals surface area contributed by atoms with Gasteiger partial charge in [0, 0.05) is 18.4 Å². The molecule has 0 aliphatic rings. The van der Waals surface area contributed by atoms with E-state index in [-0.39, 0.29) is 17.3 Å². The van der Waals surface area contributed by atoms with E-state index in [1.807, 2.05) is 27.7 Å². The predicted octanol–water partition coefficient (Wildman–Crippen LogP) is 2.18. The summed E-state index contributed by atoms with van der Waals surface area (Å²) in [4.78, 5) is 3.74. The van der Waals surface area contributed by atoms with Gasteiger partial charge in [0.15, 0.2) is 0 Å². The standard InChI is InChI=1S/C13H22FN3O/c1-5-18-12(13(2,3)4)11(17-15)9-6-7-16-8-10(9)14/h6-8,11-12,17H,5,15H2,1-4H3. The van der Waals surface area contributed by atoms with E-state index >= 15 is 0 Å².